The molecule has 13 nitrogen and oxygen atoms in total. The molecule has 0 aromatic carbocycles. The molecule has 0 aromatic rings. The summed E-state index contributed by atoms with van der Waals surface area (Å²) in [5.74, 6) is 1.18. The minimum atomic E-state index is -0.863. The number of carbonyl (C=O) groups excluding carboxylic acids is 1. The van der Waals surface area contributed by atoms with Crippen molar-refractivity contribution < 1.29 is 62.1 Å². The van der Waals surface area contributed by atoms with Gasteiger partial charge in [0, 0.05) is 12.8 Å². The number of terminal acetylenes is 1. The summed E-state index contributed by atoms with van der Waals surface area (Å²) in [5, 5.41) is 8.53. The Labute approximate surface area is 237 Å². The number of unbranched alkanes of at least 4 members (excludes halogenated alkanes) is 1. The van der Waals surface area contributed by atoms with Crippen LogP contribution in [0.2, 0.25) is 0 Å². The molecule has 0 spiro atoms. The van der Waals surface area contributed by atoms with Crippen LogP contribution in [0.25, 0.3) is 0 Å². The molecule has 0 aliphatic carbocycles. The number of esters is 1. The Kier molecular flexibility index (Phi) is 31.8. The van der Waals surface area contributed by atoms with Gasteiger partial charge in [0.1, 0.15) is 13.2 Å². The van der Waals surface area contributed by atoms with Crippen molar-refractivity contribution in [2.45, 2.75) is 25.7 Å². The summed E-state index contributed by atoms with van der Waals surface area (Å²) in [6.45, 7) is 8.31. The molecule has 1 N–H and O–H groups in total. The number of rotatable bonds is 33. The van der Waals surface area contributed by atoms with Crippen molar-refractivity contribution >= 4 is 11.9 Å². The van der Waals surface area contributed by atoms with Crippen molar-refractivity contribution in [3.63, 3.8) is 0 Å². The van der Waals surface area contributed by atoms with Crippen LogP contribution >= 0.6 is 0 Å². The molecule has 40 heavy (non-hydrogen) atoms. The normalized spacial score (nSPS) is 11.0. The lowest BCUT2D eigenvalue weighted by Crippen LogP contribution is -2.15. The van der Waals surface area contributed by atoms with Gasteiger partial charge in [0.05, 0.1) is 112 Å². The van der Waals surface area contributed by atoms with Gasteiger partial charge in [0.2, 0.25) is 0 Å². The second-order valence-corrected chi connectivity index (χ2v) is 7.98. The fourth-order valence-corrected chi connectivity index (χ4v) is 2.72. The van der Waals surface area contributed by atoms with Gasteiger partial charge in [-0.3, -0.25) is 9.59 Å². The molecule has 0 saturated heterocycles. The van der Waals surface area contributed by atoms with Crippen LogP contribution in [0.1, 0.15) is 25.7 Å². The minimum absolute atomic E-state index is 0.0610. The molecule has 0 saturated carbocycles. The van der Waals surface area contributed by atoms with Crippen LogP contribution in [0.4, 0.5) is 0 Å². The molecule has 0 unspecified atom stereocenters. The maximum absolute atomic E-state index is 11.4. The summed E-state index contributed by atoms with van der Waals surface area (Å²) in [6.07, 6.45) is 6.31. The van der Waals surface area contributed by atoms with E-state index in [2.05, 4.69) is 5.92 Å². The first-order valence-electron chi connectivity index (χ1n) is 13.7. The summed E-state index contributed by atoms with van der Waals surface area (Å²) in [6, 6.07) is 0. The second-order valence-electron chi connectivity index (χ2n) is 7.98. The number of hydrogen-bond acceptors (Lipinski definition) is 12. The predicted molar refractivity (Wildman–Crippen MR) is 143 cm³/mol. The van der Waals surface area contributed by atoms with E-state index in [-0.39, 0.29) is 32.0 Å². The Morgan fingerprint density at radius 2 is 0.775 bits per heavy atom. The second kappa shape index (κ2) is 33.3. The molecule has 0 aliphatic rings. The van der Waals surface area contributed by atoms with Crippen LogP contribution < -0.4 is 0 Å². The summed E-state index contributed by atoms with van der Waals surface area (Å²) in [7, 11) is 0. The highest BCUT2D eigenvalue weighted by Gasteiger charge is 2.04. The van der Waals surface area contributed by atoms with E-state index in [9.17, 15) is 9.59 Å². The SMILES string of the molecule is C#CCOCCOCCOCCOCCOCCOCCOCCOCCOCCOC(=O)CCCCC(=O)O. The van der Waals surface area contributed by atoms with Gasteiger partial charge < -0.3 is 52.5 Å². The minimum Gasteiger partial charge on any atom is -0.481 e. The summed E-state index contributed by atoms with van der Waals surface area (Å²) >= 11 is 0. The lowest BCUT2D eigenvalue weighted by atomic mass is 10.2. The lowest BCUT2D eigenvalue weighted by Gasteiger charge is -2.09. The molecule has 0 fully saturated rings. The maximum Gasteiger partial charge on any atom is 0.305 e. The standard InChI is InChI=1S/C27H48O13/c1-2-7-31-8-9-32-10-11-33-12-13-34-14-15-35-16-17-36-18-19-37-20-21-38-22-23-39-24-25-40-27(30)6-4-3-5-26(28)29/h1H,3-25H2,(H,28,29). The van der Waals surface area contributed by atoms with Crippen molar-refractivity contribution in [1.29, 1.82) is 0 Å². The van der Waals surface area contributed by atoms with E-state index < -0.39 is 5.97 Å². The van der Waals surface area contributed by atoms with E-state index >= 15 is 0 Å². The van der Waals surface area contributed by atoms with E-state index in [0.717, 1.165) is 0 Å². The van der Waals surface area contributed by atoms with Gasteiger partial charge in [-0.25, -0.2) is 0 Å². The van der Waals surface area contributed by atoms with Gasteiger partial charge in [-0.1, -0.05) is 5.92 Å². The van der Waals surface area contributed by atoms with E-state index in [1.165, 1.54) is 0 Å². The van der Waals surface area contributed by atoms with Crippen LogP contribution in [0.3, 0.4) is 0 Å². The third-order valence-corrected chi connectivity index (χ3v) is 4.67. The topological polar surface area (TPSA) is 147 Å². The Morgan fingerprint density at radius 1 is 0.475 bits per heavy atom. The Balaban J connectivity index is 3.10. The zero-order chi connectivity index (χ0) is 29.2. The monoisotopic (exact) mass is 580 g/mol. The van der Waals surface area contributed by atoms with Gasteiger partial charge >= 0.3 is 11.9 Å². The highest BCUT2D eigenvalue weighted by atomic mass is 16.6. The highest BCUT2D eigenvalue weighted by Crippen LogP contribution is 2.01. The summed E-state index contributed by atoms with van der Waals surface area (Å²) < 4.78 is 53.2. The molecule has 0 aliphatic heterocycles. The van der Waals surface area contributed by atoms with Gasteiger partial charge in [-0.15, -0.1) is 6.42 Å². The first kappa shape index (κ1) is 38.1. The third-order valence-electron chi connectivity index (χ3n) is 4.67. The predicted octanol–water partition coefficient (Wildman–Crippen LogP) is 0.957. The lowest BCUT2D eigenvalue weighted by molar-refractivity contribution is -0.146. The number of carboxylic acid groups (broad SMARTS) is 1. The Morgan fingerprint density at radius 3 is 1.10 bits per heavy atom. The average molecular weight is 581 g/mol. The maximum atomic E-state index is 11.4. The number of hydrogen-bond donors (Lipinski definition) is 1. The molecular formula is C27H48O13. The van der Waals surface area contributed by atoms with Crippen molar-refractivity contribution in [2.24, 2.45) is 0 Å². The number of ether oxygens (including phenoxy) is 10. The molecule has 0 amide bonds. The highest BCUT2D eigenvalue weighted by molar-refractivity contribution is 5.69. The van der Waals surface area contributed by atoms with Crippen molar-refractivity contribution in [2.75, 3.05) is 126 Å². The molecule has 0 heterocycles. The van der Waals surface area contributed by atoms with Crippen LogP contribution in [-0.4, -0.2) is 143 Å². The molecule has 0 aromatic heterocycles. The zero-order valence-electron chi connectivity index (χ0n) is 23.7. The molecule has 0 bridgehead atoms. The molecule has 13 heteroatoms. The molecule has 234 valence electrons. The molecule has 0 radical (unpaired) electrons. The Bertz CT molecular complexity index is 597. The van der Waals surface area contributed by atoms with Crippen LogP contribution in [-0.2, 0) is 57.0 Å². The smallest absolute Gasteiger partial charge is 0.305 e. The molecule has 0 rings (SSSR count). The summed E-state index contributed by atoms with van der Waals surface area (Å²) in [4.78, 5) is 21.8. The fraction of sp³-hybridized carbons (Fsp3) is 0.852. The Hall–Kier alpha value is -1.86. The van der Waals surface area contributed by atoms with Gasteiger partial charge in [0.15, 0.2) is 0 Å². The van der Waals surface area contributed by atoms with E-state index in [1.807, 2.05) is 0 Å². The average Bonchev–Trinajstić information content (AvgIpc) is 2.94. The van der Waals surface area contributed by atoms with Crippen molar-refractivity contribution in [3.8, 4) is 12.3 Å². The van der Waals surface area contributed by atoms with Crippen molar-refractivity contribution in [1.82, 2.24) is 0 Å². The number of aliphatic carboxylic acids is 1. The third kappa shape index (κ3) is 34.2. The first-order valence-corrected chi connectivity index (χ1v) is 13.7. The molecule has 0 atom stereocenters. The quantitative estimate of drug-likeness (QED) is 0.0668. The first-order chi connectivity index (χ1) is 19.7. The number of carboxylic acids is 1. The number of carbonyl (C=O) groups is 2. The molecular weight excluding hydrogens is 532 g/mol. The van der Waals surface area contributed by atoms with E-state index in [0.29, 0.717) is 125 Å². The van der Waals surface area contributed by atoms with Crippen molar-refractivity contribution in [3.05, 3.63) is 0 Å². The summed E-state index contributed by atoms with van der Waals surface area (Å²) in [5.41, 5.74) is 0. The van der Waals surface area contributed by atoms with Crippen LogP contribution in [0.15, 0.2) is 0 Å². The van der Waals surface area contributed by atoms with Crippen LogP contribution in [0.5, 0.6) is 0 Å². The van der Waals surface area contributed by atoms with Crippen LogP contribution in [0, 0.1) is 12.3 Å². The van der Waals surface area contributed by atoms with Gasteiger partial charge in [-0.05, 0) is 12.8 Å². The van der Waals surface area contributed by atoms with E-state index in [4.69, 9.17) is 58.9 Å². The zero-order valence-corrected chi connectivity index (χ0v) is 23.7. The van der Waals surface area contributed by atoms with E-state index in [1.54, 1.807) is 0 Å². The van der Waals surface area contributed by atoms with Gasteiger partial charge in [0.25, 0.3) is 0 Å². The largest absolute Gasteiger partial charge is 0.481 e. The van der Waals surface area contributed by atoms with Gasteiger partial charge in [-0.2, -0.15) is 0 Å². The fourth-order valence-electron chi connectivity index (χ4n) is 2.72.